The van der Waals surface area contributed by atoms with E-state index in [2.05, 4.69) is 19.2 Å². The third kappa shape index (κ3) is 4.97. The molecule has 9 heteroatoms. The van der Waals surface area contributed by atoms with Crippen molar-refractivity contribution in [1.29, 1.82) is 0 Å². The largest absolute Gasteiger partial charge is 0.392 e. The number of thiazole rings is 1. The van der Waals surface area contributed by atoms with Crippen LogP contribution in [0.15, 0.2) is 0 Å². The molecule has 2 aliphatic carbocycles. The van der Waals surface area contributed by atoms with Crippen LogP contribution in [-0.2, 0) is 16.0 Å². The second-order valence-electron chi connectivity index (χ2n) is 10.7. The lowest BCUT2D eigenvalue weighted by Gasteiger charge is -2.53. The molecule has 1 aromatic rings. The van der Waals surface area contributed by atoms with Crippen molar-refractivity contribution in [2.24, 2.45) is 23.2 Å². The van der Waals surface area contributed by atoms with Gasteiger partial charge in [-0.05, 0) is 50.6 Å². The average molecular weight is 495 g/mol. The van der Waals surface area contributed by atoms with E-state index in [4.69, 9.17) is 4.98 Å². The van der Waals surface area contributed by atoms with Gasteiger partial charge in [-0.2, -0.15) is 11.8 Å². The summed E-state index contributed by atoms with van der Waals surface area (Å²) in [7, 11) is 3.74. The van der Waals surface area contributed by atoms with Crippen molar-refractivity contribution in [1.82, 2.24) is 14.8 Å². The van der Waals surface area contributed by atoms with E-state index < -0.39 is 6.10 Å². The fourth-order valence-electron chi connectivity index (χ4n) is 6.30. The van der Waals surface area contributed by atoms with Crippen molar-refractivity contribution in [2.75, 3.05) is 50.6 Å². The summed E-state index contributed by atoms with van der Waals surface area (Å²) in [4.78, 5) is 35.3. The molecule has 2 N–H and O–H groups in total. The topological polar surface area (TPSA) is 85.8 Å². The number of rotatable bonds is 5. The Morgan fingerprint density at radius 1 is 1.33 bits per heavy atom. The fraction of sp³-hybridized carbons (Fsp3) is 0.792. The molecule has 0 bridgehead atoms. The molecule has 1 saturated heterocycles. The summed E-state index contributed by atoms with van der Waals surface area (Å²) in [6, 6.07) is 0. The highest BCUT2D eigenvalue weighted by atomic mass is 32.2. The van der Waals surface area contributed by atoms with Crippen molar-refractivity contribution in [3.63, 3.8) is 0 Å². The number of likely N-dealkylation sites (N-methyl/N-ethyl adjacent to an activating group) is 1. The van der Waals surface area contributed by atoms with Gasteiger partial charge in [-0.1, -0.05) is 20.8 Å². The molecule has 184 valence electrons. The summed E-state index contributed by atoms with van der Waals surface area (Å²) in [6.45, 7) is 8.42. The predicted octanol–water partition coefficient (Wildman–Crippen LogP) is 2.91. The molecule has 0 spiro atoms. The highest BCUT2D eigenvalue weighted by Crippen LogP contribution is 2.57. The maximum Gasteiger partial charge on any atom is 0.240 e. The number of aliphatic hydroxyl groups excluding tert-OH is 1. The summed E-state index contributed by atoms with van der Waals surface area (Å²) >= 11 is 3.48. The van der Waals surface area contributed by atoms with E-state index in [-0.39, 0.29) is 40.9 Å². The normalized spacial score (nSPS) is 32.8. The molecule has 6 atom stereocenters. The lowest BCUT2D eigenvalue weighted by molar-refractivity contribution is -0.144. The minimum absolute atomic E-state index is 0.0212. The van der Waals surface area contributed by atoms with Crippen LogP contribution in [0, 0.1) is 23.2 Å². The molecule has 7 nitrogen and oxygen atoms in total. The molecule has 0 radical (unpaired) electrons. The van der Waals surface area contributed by atoms with E-state index in [1.807, 2.05) is 42.6 Å². The smallest absolute Gasteiger partial charge is 0.240 e. The standard InChI is InChI=1S/C24H38N4O3S2/c1-14(22(31)28-8-10-32-11-9-28)16-6-7-24(3)12-17-20(15(2)19(24)21(16)30)26-23(33-17)25-18(29)13-27(4)5/h14-16,19,21,30H,6-13H2,1-5H3,(H,25,26,29)/t14-,15-,16+,19+,21-,24-/m0/s1. The van der Waals surface area contributed by atoms with E-state index >= 15 is 0 Å². The Hall–Kier alpha value is -1.16. The summed E-state index contributed by atoms with van der Waals surface area (Å²) in [5, 5.41) is 15.2. The second-order valence-corrected chi connectivity index (χ2v) is 13.0. The number of nitrogens with one attached hydrogen (secondary N) is 1. The molecule has 1 aromatic heterocycles. The van der Waals surface area contributed by atoms with Crippen LogP contribution in [0.3, 0.4) is 0 Å². The van der Waals surface area contributed by atoms with Crippen molar-refractivity contribution < 1.29 is 14.7 Å². The van der Waals surface area contributed by atoms with Gasteiger partial charge in [0.2, 0.25) is 11.8 Å². The lowest BCUT2D eigenvalue weighted by atomic mass is 9.53. The highest BCUT2D eigenvalue weighted by molar-refractivity contribution is 7.99. The zero-order valence-electron chi connectivity index (χ0n) is 20.5. The number of carbonyl (C=O) groups is 2. The van der Waals surface area contributed by atoms with Gasteiger partial charge < -0.3 is 20.2 Å². The zero-order chi connectivity index (χ0) is 23.9. The molecule has 0 unspecified atom stereocenters. The third-order valence-corrected chi connectivity index (χ3v) is 9.91. The van der Waals surface area contributed by atoms with Gasteiger partial charge in [0.05, 0.1) is 18.3 Å². The molecule has 2 amide bonds. The van der Waals surface area contributed by atoms with E-state index in [0.29, 0.717) is 11.7 Å². The number of nitrogens with zero attached hydrogens (tertiary/aromatic N) is 3. The first-order valence-corrected chi connectivity index (χ1v) is 14.1. The third-order valence-electron chi connectivity index (χ3n) is 7.98. The first-order chi connectivity index (χ1) is 15.6. The van der Waals surface area contributed by atoms with Crippen LogP contribution in [0.1, 0.15) is 50.1 Å². The maximum absolute atomic E-state index is 13.2. The van der Waals surface area contributed by atoms with Crippen molar-refractivity contribution in [2.45, 2.75) is 52.1 Å². The van der Waals surface area contributed by atoms with Crippen LogP contribution < -0.4 is 5.32 Å². The molecule has 1 aliphatic heterocycles. The fourth-order valence-corrected chi connectivity index (χ4v) is 8.48. The minimum atomic E-state index is -0.529. The predicted molar refractivity (Wildman–Crippen MR) is 135 cm³/mol. The molecule has 3 aliphatic rings. The Bertz CT molecular complexity index is 885. The average Bonchev–Trinajstić information content (AvgIpc) is 3.14. The number of aromatic nitrogens is 1. The molecule has 2 fully saturated rings. The second kappa shape index (κ2) is 9.84. The van der Waals surface area contributed by atoms with Gasteiger partial charge in [0.1, 0.15) is 0 Å². The number of hydrogen-bond acceptors (Lipinski definition) is 7. The number of aliphatic hydroxyl groups is 1. The molecular formula is C24H38N4O3S2. The van der Waals surface area contributed by atoms with Gasteiger partial charge >= 0.3 is 0 Å². The minimum Gasteiger partial charge on any atom is -0.392 e. The Balaban J connectivity index is 1.51. The Kier molecular flexibility index (Phi) is 7.44. The van der Waals surface area contributed by atoms with Crippen LogP contribution in [-0.4, -0.2) is 83.0 Å². The molecule has 2 heterocycles. The van der Waals surface area contributed by atoms with Crippen LogP contribution in [0.5, 0.6) is 0 Å². The molecule has 4 rings (SSSR count). The van der Waals surface area contributed by atoms with Crippen molar-refractivity contribution in [3.05, 3.63) is 10.6 Å². The summed E-state index contributed by atoms with van der Waals surface area (Å²) in [5.74, 6) is 2.10. The number of anilines is 1. The van der Waals surface area contributed by atoms with Gasteiger partial charge in [0.25, 0.3) is 0 Å². The number of thioether (sulfide) groups is 1. The quantitative estimate of drug-likeness (QED) is 0.655. The lowest BCUT2D eigenvalue weighted by Crippen LogP contribution is -2.54. The first kappa shape index (κ1) is 24.9. The Morgan fingerprint density at radius 2 is 2.03 bits per heavy atom. The van der Waals surface area contributed by atoms with Crippen LogP contribution in [0.2, 0.25) is 0 Å². The summed E-state index contributed by atoms with van der Waals surface area (Å²) in [5.41, 5.74) is 0.985. The van der Waals surface area contributed by atoms with E-state index in [1.165, 1.54) is 4.88 Å². The van der Waals surface area contributed by atoms with Crippen LogP contribution in [0.25, 0.3) is 0 Å². The van der Waals surface area contributed by atoms with Gasteiger partial charge in [0, 0.05) is 41.3 Å². The zero-order valence-corrected chi connectivity index (χ0v) is 22.1. The SMILES string of the molecule is C[C@H](C(=O)N1CCSCC1)[C@H]1CC[C@@]2(C)Cc3sc(NC(=O)CN(C)C)nc3[C@@H](C)[C@@H]2[C@H]1O. The van der Waals surface area contributed by atoms with Crippen LogP contribution >= 0.6 is 23.1 Å². The van der Waals surface area contributed by atoms with Crippen LogP contribution in [0.4, 0.5) is 5.13 Å². The van der Waals surface area contributed by atoms with Crippen molar-refractivity contribution in [3.8, 4) is 0 Å². The molecule has 0 aromatic carbocycles. The monoisotopic (exact) mass is 494 g/mol. The van der Waals surface area contributed by atoms with Gasteiger partial charge in [0.15, 0.2) is 5.13 Å². The van der Waals surface area contributed by atoms with Crippen molar-refractivity contribution >= 4 is 40.0 Å². The van der Waals surface area contributed by atoms with E-state index in [0.717, 1.165) is 49.6 Å². The van der Waals surface area contributed by atoms with E-state index in [9.17, 15) is 14.7 Å². The highest BCUT2D eigenvalue weighted by Gasteiger charge is 2.54. The van der Waals surface area contributed by atoms with E-state index in [1.54, 1.807) is 11.3 Å². The number of carbonyl (C=O) groups excluding carboxylic acids is 2. The molecule has 1 saturated carbocycles. The van der Waals surface area contributed by atoms with Gasteiger partial charge in [-0.25, -0.2) is 4.98 Å². The van der Waals surface area contributed by atoms with Gasteiger partial charge in [-0.15, -0.1) is 11.3 Å². The maximum atomic E-state index is 13.2. The van der Waals surface area contributed by atoms with Gasteiger partial charge in [-0.3, -0.25) is 9.59 Å². The Labute approximate surface area is 205 Å². The molecule has 33 heavy (non-hydrogen) atoms. The number of fused-ring (bicyclic) bond motifs is 2. The summed E-state index contributed by atoms with van der Waals surface area (Å²) < 4.78 is 0. The number of amides is 2. The summed E-state index contributed by atoms with van der Waals surface area (Å²) in [6.07, 6.45) is 2.21. The number of hydrogen-bond donors (Lipinski definition) is 2. The first-order valence-electron chi connectivity index (χ1n) is 12.1. The Morgan fingerprint density at radius 3 is 2.70 bits per heavy atom. The molecular weight excluding hydrogens is 456 g/mol.